The summed E-state index contributed by atoms with van der Waals surface area (Å²) in [5.41, 5.74) is 6.18. The van der Waals surface area contributed by atoms with Gasteiger partial charge in [0.1, 0.15) is 0 Å². The summed E-state index contributed by atoms with van der Waals surface area (Å²) in [6, 6.07) is 0. The maximum absolute atomic E-state index is 5.51. The summed E-state index contributed by atoms with van der Waals surface area (Å²) in [6.07, 6.45) is 9.40. The van der Waals surface area contributed by atoms with Crippen molar-refractivity contribution in [3.63, 3.8) is 0 Å². The number of piperidine rings is 1. The van der Waals surface area contributed by atoms with E-state index in [2.05, 4.69) is 18.7 Å². The largest absolute Gasteiger partial charge is 0.330 e. The molecule has 0 aliphatic carbocycles. The van der Waals surface area contributed by atoms with Gasteiger partial charge in [-0.1, -0.05) is 33.1 Å². The lowest BCUT2D eigenvalue weighted by molar-refractivity contribution is 0.0943. The molecule has 96 valence electrons. The van der Waals surface area contributed by atoms with Gasteiger partial charge in [0.25, 0.3) is 0 Å². The Kier molecular flexibility index (Phi) is 6.37. The second-order valence-electron chi connectivity index (χ2n) is 5.40. The number of nitrogens with two attached hydrogens (primary N) is 1. The van der Waals surface area contributed by atoms with Crippen molar-refractivity contribution in [2.24, 2.45) is 11.1 Å². The summed E-state index contributed by atoms with van der Waals surface area (Å²) in [7, 11) is 0. The van der Waals surface area contributed by atoms with Crippen molar-refractivity contribution in [2.45, 2.75) is 58.8 Å². The zero-order chi connectivity index (χ0) is 11.9. The van der Waals surface area contributed by atoms with Crippen LogP contribution in [-0.2, 0) is 0 Å². The van der Waals surface area contributed by atoms with Crippen LogP contribution in [0.15, 0.2) is 0 Å². The Labute approximate surface area is 102 Å². The van der Waals surface area contributed by atoms with Gasteiger partial charge in [-0.2, -0.15) is 0 Å². The first-order valence-corrected chi connectivity index (χ1v) is 7.19. The fourth-order valence-corrected chi connectivity index (χ4v) is 2.86. The summed E-state index contributed by atoms with van der Waals surface area (Å²) in [5, 5.41) is 0. The molecule has 2 nitrogen and oxygen atoms in total. The van der Waals surface area contributed by atoms with Crippen LogP contribution < -0.4 is 5.73 Å². The molecule has 1 aliphatic heterocycles. The highest BCUT2D eigenvalue weighted by atomic mass is 15.1. The second-order valence-corrected chi connectivity index (χ2v) is 5.40. The molecule has 0 spiro atoms. The van der Waals surface area contributed by atoms with Gasteiger partial charge in [-0.25, -0.2) is 0 Å². The van der Waals surface area contributed by atoms with Crippen molar-refractivity contribution in [1.82, 2.24) is 4.90 Å². The first-order valence-electron chi connectivity index (χ1n) is 7.19. The van der Waals surface area contributed by atoms with Crippen molar-refractivity contribution in [3.8, 4) is 0 Å². The lowest BCUT2D eigenvalue weighted by Crippen LogP contribution is -2.40. The van der Waals surface area contributed by atoms with Crippen LogP contribution in [0.1, 0.15) is 58.8 Å². The van der Waals surface area contributed by atoms with E-state index in [1.807, 2.05) is 0 Å². The van der Waals surface area contributed by atoms with Gasteiger partial charge in [0.15, 0.2) is 0 Å². The predicted molar refractivity (Wildman–Crippen MR) is 71.6 cm³/mol. The summed E-state index contributed by atoms with van der Waals surface area (Å²) >= 11 is 0. The second kappa shape index (κ2) is 7.29. The monoisotopic (exact) mass is 226 g/mol. The van der Waals surface area contributed by atoms with Crippen molar-refractivity contribution >= 4 is 0 Å². The lowest BCUT2D eigenvalue weighted by Gasteiger charge is -2.41. The summed E-state index contributed by atoms with van der Waals surface area (Å²) in [6.45, 7) is 9.52. The number of rotatable bonds is 7. The molecule has 1 fully saturated rings. The third-order valence-corrected chi connectivity index (χ3v) is 4.60. The van der Waals surface area contributed by atoms with Crippen molar-refractivity contribution in [3.05, 3.63) is 0 Å². The molecule has 1 heterocycles. The van der Waals surface area contributed by atoms with Crippen LogP contribution in [0.25, 0.3) is 0 Å². The molecule has 2 heteroatoms. The highest BCUT2D eigenvalue weighted by Gasteiger charge is 2.30. The van der Waals surface area contributed by atoms with Crippen LogP contribution >= 0.6 is 0 Å². The third-order valence-electron chi connectivity index (χ3n) is 4.60. The first-order chi connectivity index (χ1) is 7.76. The minimum absolute atomic E-state index is 0.674. The fourth-order valence-electron chi connectivity index (χ4n) is 2.86. The number of unbranched alkanes of at least 4 members (excludes halogenated alkanes) is 2. The summed E-state index contributed by atoms with van der Waals surface area (Å²) < 4.78 is 0. The van der Waals surface area contributed by atoms with Gasteiger partial charge in [0.05, 0.1) is 0 Å². The molecule has 0 aromatic carbocycles. The minimum atomic E-state index is 0.674. The molecule has 2 N–H and O–H groups in total. The third kappa shape index (κ3) is 4.06. The van der Waals surface area contributed by atoms with Crippen molar-refractivity contribution in [2.75, 3.05) is 26.2 Å². The molecule has 0 amide bonds. The highest BCUT2D eigenvalue weighted by Crippen LogP contribution is 2.37. The van der Waals surface area contributed by atoms with Gasteiger partial charge in [0, 0.05) is 0 Å². The maximum atomic E-state index is 5.51. The molecule has 1 aliphatic rings. The molecule has 0 atom stereocenters. The SMILES string of the molecule is CCC1(CC)CCN(CCCCCN)CC1. The van der Waals surface area contributed by atoms with E-state index in [0.717, 1.165) is 6.54 Å². The summed E-state index contributed by atoms with van der Waals surface area (Å²) in [4.78, 5) is 2.65. The van der Waals surface area contributed by atoms with Crippen LogP contribution in [0, 0.1) is 5.41 Å². The Bertz CT molecular complexity index is 166. The average molecular weight is 226 g/mol. The molecule has 0 unspecified atom stereocenters. The van der Waals surface area contributed by atoms with Gasteiger partial charge >= 0.3 is 0 Å². The maximum Gasteiger partial charge on any atom is -0.00134 e. The normalized spacial score (nSPS) is 21.2. The number of nitrogens with zero attached hydrogens (tertiary/aromatic N) is 1. The number of hydrogen-bond acceptors (Lipinski definition) is 2. The highest BCUT2D eigenvalue weighted by molar-refractivity contribution is 4.83. The van der Waals surface area contributed by atoms with Crippen LogP contribution in [0.3, 0.4) is 0 Å². The van der Waals surface area contributed by atoms with Gasteiger partial charge in [0.2, 0.25) is 0 Å². The molecule has 1 saturated heterocycles. The molecular formula is C14H30N2. The van der Waals surface area contributed by atoms with Crippen LogP contribution in [-0.4, -0.2) is 31.1 Å². The van der Waals surface area contributed by atoms with Crippen LogP contribution in [0.5, 0.6) is 0 Å². The Morgan fingerprint density at radius 3 is 2.12 bits per heavy atom. The Balaban J connectivity index is 2.16. The van der Waals surface area contributed by atoms with Crippen LogP contribution in [0.4, 0.5) is 0 Å². The first kappa shape index (κ1) is 14.0. The van der Waals surface area contributed by atoms with E-state index in [1.54, 1.807) is 0 Å². The number of likely N-dealkylation sites (tertiary alicyclic amines) is 1. The quantitative estimate of drug-likeness (QED) is 0.676. The lowest BCUT2D eigenvalue weighted by atomic mass is 9.74. The van der Waals surface area contributed by atoms with E-state index in [0.29, 0.717) is 5.41 Å². The van der Waals surface area contributed by atoms with E-state index in [4.69, 9.17) is 5.73 Å². The van der Waals surface area contributed by atoms with E-state index < -0.39 is 0 Å². The van der Waals surface area contributed by atoms with Crippen molar-refractivity contribution in [1.29, 1.82) is 0 Å². The molecular weight excluding hydrogens is 196 g/mol. The van der Waals surface area contributed by atoms with E-state index in [1.165, 1.54) is 64.6 Å². The van der Waals surface area contributed by atoms with Gasteiger partial charge in [-0.05, 0) is 57.3 Å². The number of hydrogen-bond donors (Lipinski definition) is 1. The molecule has 16 heavy (non-hydrogen) atoms. The Morgan fingerprint density at radius 2 is 1.62 bits per heavy atom. The molecule has 0 aromatic heterocycles. The zero-order valence-corrected chi connectivity index (χ0v) is 11.3. The minimum Gasteiger partial charge on any atom is -0.330 e. The van der Waals surface area contributed by atoms with Crippen molar-refractivity contribution < 1.29 is 0 Å². The molecule has 1 rings (SSSR count). The fraction of sp³-hybridized carbons (Fsp3) is 1.00. The molecule has 0 saturated carbocycles. The molecule has 0 radical (unpaired) electrons. The smallest absolute Gasteiger partial charge is 0.00134 e. The summed E-state index contributed by atoms with van der Waals surface area (Å²) in [5.74, 6) is 0. The molecule has 0 bridgehead atoms. The molecule has 0 aromatic rings. The standard InChI is InChI=1S/C14H30N2/c1-3-14(4-2)8-12-16(13-9-14)11-7-5-6-10-15/h3-13,15H2,1-2H3. The Morgan fingerprint density at radius 1 is 1.00 bits per heavy atom. The topological polar surface area (TPSA) is 29.3 Å². The Hall–Kier alpha value is -0.0800. The van der Waals surface area contributed by atoms with E-state index >= 15 is 0 Å². The van der Waals surface area contributed by atoms with Gasteiger partial charge < -0.3 is 10.6 Å². The zero-order valence-electron chi connectivity index (χ0n) is 11.3. The predicted octanol–water partition coefficient (Wildman–Crippen LogP) is 3.02. The van der Waals surface area contributed by atoms with E-state index in [-0.39, 0.29) is 0 Å². The van der Waals surface area contributed by atoms with Crippen LogP contribution in [0.2, 0.25) is 0 Å². The average Bonchev–Trinajstić information content (AvgIpc) is 2.36. The van der Waals surface area contributed by atoms with Gasteiger partial charge in [-0.3, -0.25) is 0 Å². The van der Waals surface area contributed by atoms with Gasteiger partial charge in [-0.15, -0.1) is 0 Å². The van der Waals surface area contributed by atoms with E-state index in [9.17, 15) is 0 Å².